The number of fused-ring (bicyclic) bond motifs is 1. The Morgan fingerprint density at radius 3 is 2.82 bits per heavy atom. The number of nitrogens with one attached hydrogen (secondary N) is 1. The van der Waals surface area contributed by atoms with Gasteiger partial charge in [-0.1, -0.05) is 32.0 Å². The average Bonchev–Trinajstić information content (AvgIpc) is 2.75. The van der Waals surface area contributed by atoms with Crippen LogP contribution < -0.4 is 5.32 Å². The van der Waals surface area contributed by atoms with Gasteiger partial charge in [0.15, 0.2) is 0 Å². The molecule has 0 saturated carbocycles. The summed E-state index contributed by atoms with van der Waals surface area (Å²) in [5.74, 6) is 0.759. The van der Waals surface area contributed by atoms with E-state index < -0.39 is 0 Å². The molecule has 1 aliphatic rings. The fraction of sp³-hybridized carbons (Fsp3) is 0.625. The summed E-state index contributed by atoms with van der Waals surface area (Å²) in [4.78, 5) is 0. The second-order valence-corrected chi connectivity index (χ2v) is 5.66. The number of benzene rings is 1. The number of hydrogen-bond donors (Lipinski definition) is 1. The molecular weight excluding hydrogens is 206 g/mol. The summed E-state index contributed by atoms with van der Waals surface area (Å²) in [6.07, 6.45) is 6.43. The van der Waals surface area contributed by atoms with Gasteiger partial charge in [0.1, 0.15) is 0 Å². The summed E-state index contributed by atoms with van der Waals surface area (Å²) in [7, 11) is 0. The van der Waals surface area contributed by atoms with Crippen molar-refractivity contribution in [1.29, 1.82) is 0 Å². The predicted molar refractivity (Wildman–Crippen MR) is 74.5 cm³/mol. The molecule has 94 valence electrons. The predicted octanol–water partition coefficient (Wildman–Crippen LogP) is 3.35. The molecule has 1 aromatic rings. The standard InChI is InChI=1S/C16H25N/c1-13(2)12-17-10-4-5-14-8-9-15-6-3-7-16(15)11-14/h8-9,11,13,17H,3-7,10,12H2,1-2H3. The van der Waals surface area contributed by atoms with Crippen LogP contribution in [-0.4, -0.2) is 13.1 Å². The smallest absolute Gasteiger partial charge is 0.00258 e. The van der Waals surface area contributed by atoms with Gasteiger partial charge in [-0.2, -0.15) is 0 Å². The first-order chi connectivity index (χ1) is 8.25. The Bertz CT molecular complexity index is 355. The lowest BCUT2D eigenvalue weighted by atomic mass is 10.0. The van der Waals surface area contributed by atoms with Gasteiger partial charge in [0.25, 0.3) is 0 Å². The van der Waals surface area contributed by atoms with Crippen LogP contribution >= 0.6 is 0 Å². The summed E-state index contributed by atoms with van der Waals surface area (Å²) in [5.41, 5.74) is 4.72. The van der Waals surface area contributed by atoms with Gasteiger partial charge < -0.3 is 5.32 Å². The Labute approximate surface area is 106 Å². The zero-order valence-corrected chi connectivity index (χ0v) is 11.3. The molecule has 1 aliphatic carbocycles. The molecule has 0 bridgehead atoms. The molecule has 0 aliphatic heterocycles. The van der Waals surface area contributed by atoms with Gasteiger partial charge in [0.05, 0.1) is 0 Å². The van der Waals surface area contributed by atoms with Crippen LogP contribution in [0, 0.1) is 5.92 Å². The first-order valence-corrected chi connectivity index (χ1v) is 7.07. The van der Waals surface area contributed by atoms with Crippen LogP contribution in [0.3, 0.4) is 0 Å². The summed E-state index contributed by atoms with van der Waals surface area (Å²) in [6, 6.07) is 7.11. The van der Waals surface area contributed by atoms with E-state index in [1.165, 1.54) is 37.7 Å². The fourth-order valence-corrected chi connectivity index (χ4v) is 2.59. The molecule has 1 heteroatoms. The molecule has 1 aromatic carbocycles. The van der Waals surface area contributed by atoms with E-state index in [1.807, 2.05) is 0 Å². The molecule has 0 spiro atoms. The van der Waals surface area contributed by atoms with E-state index >= 15 is 0 Å². The van der Waals surface area contributed by atoms with Crippen LogP contribution in [0.25, 0.3) is 0 Å². The summed E-state index contributed by atoms with van der Waals surface area (Å²) in [6.45, 7) is 6.81. The monoisotopic (exact) mass is 231 g/mol. The van der Waals surface area contributed by atoms with E-state index in [0.717, 1.165) is 19.0 Å². The normalized spacial score (nSPS) is 14.3. The van der Waals surface area contributed by atoms with Crippen LogP contribution in [0.2, 0.25) is 0 Å². The second-order valence-electron chi connectivity index (χ2n) is 5.66. The van der Waals surface area contributed by atoms with Crippen molar-refractivity contribution in [2.45, 2.75) is 46.0 Å². The Morgan fingerprint density at radius 2 is 2.00 bits per heavy atom. The van der Waals surface area contributed by atoms with Crippen molar-refractivity contribution in [3.8, 4) is 0 Å². The zero-order valence-electron chi connectivity index (χ0n) is 11.3. The van der Waals surface area contributed by atoms with Gasteiger partial charge in [-0.05, 0) is 67.8 Å². The maximum Gasteiger partial charge on any atom is -0.00258 e. The van der Waals surface area contributed by atoms with Crippen LogP contribution in [-0.2, 0) is 19.3 Å². The second kappa shape index (κ2) is 6.20. The van der Waals surface area contributed by atoms with E-state index in [2.05, 4.69) is 37.4 Å². The average molecular weight is 231 g/mol. The van der Waals surface area contributed by atoms with Crippen molar-refractivity contribution in [2.24, 2.45) is 5.92 Å². The number of aryl methyl sites for hydroxylation is 3. The van der Waals surface area contributed by atoms with Crippen LogP contribution in [0.5, 0.6) is 0 Å². The van der Waals surface area contributed by atoms with E-state index in [4.69, 9.17) is 0 Å². The first kappa shape index (κ1) is 12.6. The Morgan fingerprint density at radius 1 is 1.18 bits per heavy atom. The molecule has 0 radical (unpaired) electrons. The van der Waals surface area contributed by atoms with Crippen molar-refractivity contribution in [3.63, 3.8) is 0 Å². The highest BCUT2D eigenvalue weighted by Gasteiger charge is 2.10. The minimum absolute atomic E-state index is 0.759. The van der Waals surface area contributed by atoms with Crippen LogP contribution in [0.15, 0.2) is 18.2 Å². The highest BCUT2D eigenvalue weighted by Crippen LogP contribution is 2.23. The molecule has 1 N–H and O–H groups in total. The summed E-state index contributed by atoms with van der Waals surface area (Å²) < 4.78 is 0. The minimum atomic E-state index is 0.759. The molecule has 0 heterocycles. The van der Waals surface area contributed by atoms with Gasteiger partial charge in [0, 0.05) is 0 Å². The van der Waals surface area contributed by atoms with Crippen molar-refractivity contribution >= 4 is 0 Å². The maximum absolute atomic E-state index is 3.51. The third-order valence-corrected chi connectivity index (χ3v) is 3.53. The Balaban J connectivity index is 1.72. The number of rotatable bonds is 6. The highest BCUT2D eigenvalue weighted by atomic mass is 14.8. The van der Waals surface area contributed by atoms with E-state index in [-0.39, 0.29) is 0 Å². The van der Waals surface area contributed by atoms with Gasteiger partial charge >= 0.3 is 0 Å². The largest absolute Gasteiger partial charge is 0.316 e. The Hall–Kier alpha value is -0.820. The highest BCUT2D eigenvalue weighted by molar-refractivity contribution is 5.35. The number of hydrogen-bond acceptors (Lipinski definition) is 1. The molecule has 0 amide bonds. The minimum Gasteiger partial charge on any atom is -0.316 e. The van der Waals surface area contributed by atoms with Gasteiger partial charge in [-0.15, -0.1) is 0 Å². The van der Waals surface area contributed by atoms with Crippen molar-refractivity contribution in [1.82, 2.24) is 5.32 Å². The van der Waals surface area contributed by atoms with Gasteiger partial charge in [-0.3, -0.25) is 0 Å². The molecule has 2 rings (SSSR count). The van der Waals surface area contributed by atoms with Crippen molar-refractivity contribution < 1.29 is 0 Å². The molecule has 1 nitrogen and oxygen atoms in total. The molecule has 0 unspecified atom stereocenters. The first-order valence-electron chi connectivity index (χ1n) is 7.07. The zero-order chi connectivity index (χ0) is 12.1. The van der Waals surface area contributed by atoms with Crippen LogP contribution in [0.1, 0.15) is 43.4 Å². The lowest BCUT2D eigenvalue weighted by molar-refractivity contribution is 0.543. The van der Waals surface area contributed by atoms with Crippen molar-refractivity contribution in [3.05, 3.63) is 34.9 Å². The molecule has 0 atom stereocenters. The lowest BCUT2D eigenvalue weighted by Crippen LogP contribution is -2.21. The third kappa shape index (κ3) is 3.85. The quantitative estimate of drug-likeness (QED) is 0.740. The summed E-state index contributed by atoms with van der Waals surface area (Å²) in [5, 5.41) is 3.51. The lowest BCUT2D eigenvalue weighted by Gasteiger charge is -2.08. The molecule has 0 saturated heterocycles. The van der Waals surface area contributed by atoms with Gasteiger partial charge in [-0.25, -0.2) is 0 Å². The SMILES string of the molecule is CC(C)CNCCCc1ccc2c(c1)CCC2. The van der Waals surface area contributed by atoms with E-state index in [1.54, 1.807) is 11.1 Å². The molecule has 0 fully saturated rings. The Kier molecular flexibility index (Phi) is 4.61. The topological polar surface area (TPSA) is 12.0 Å². The van der Waals surface area contributed by atoms with E-state index in [9.17, 15) is 0 Å². The maximum atomic E-state index is 3.51. The molecule has 17 heavy (non-hydrogen) atoms. The van der Waals surface area contributed by atoms with Crippen LogP contribution in [0.4, 0.5) is 0 Å². The third-order valence-electron chi connectivity index (χ3n) is 3.53. The molecular formula is C16H25N. The van der Waals surface area contributed by atoms with Gasteiger partial charge in [0.2, 0.25) is 0 Å². The van der Waals surface area contributed by atoms with E-state index in [0.29, 0.717) is 0 Å². The van der Waals surface area contributed by atoms with Crippen molar-refractivity contribution in [2.75, 3.05) is 13.1 Å². The fourth-order valence-electron chi connectivity index (χ4n) is 2.59. The summed E-state index contributed by atoms with van der Waals surface area (Å²) >= 11 is 0. The molecule has 0 aromatic heterocycles.